The molecule has 0 spiro atoms. The second kappa shape index (κ2) is 14.9. The second-order valence-corrected chi connectivity index (χ2v) is 10.5. The van der Waals surface area contributed by atoms with Crippen LogP contribution in [0.3, 0.4) is 0 Å². The van der Waals surface area contributed by atoms with E-state index in [0.717, 1.165) is 5.56 Å². The summed E-state index contributed by atoms with van der Waals surface area (Å²) in [5, 5.41) is 7.61. The van der Waals surface area contributed by atoms with Gasteiger partial charge in [-0.05, 0) is 45.6 Å². The first-order chi connectivity index (χ1) is 17.6. The molecule has 0 saturated heterocycles. The summed E-state index contributed by atoms with van der Waals surface area (Å²) in [6.45, 7) is 9.99. The van der Waals surface area contributed by atoms with E-state index in [1.807, 2.05) is 44.2 Å². The minimum absolute atomic E-state index is 0.109. The first-order valence-electron chi connectivity index (χ1n) is 12.6. The van der Waals surface area contributed by atoms with Gasteiger partial charge in [0.2, 0.25) is 17.7 Å². The first kappa shape index (κ1) is 32.4. The molecule has 38 heavy (non-hydrogen) atoms. The molecule has 212 valence electrons. The van der Waals surface area contributed by atoms with Crippen LogP contribution in [0.4, 0.5) is 4.79 Å². The minimum atomic E-state index is -0.960. The number of likely N-dealkylation sites (N-methyl/N-ethyl adjacent to an activating group) is 1. The molecule has 0 fully saturated rings. The molecule has 3 atom stereocenters. The Balaban J connectivity index is 2.94. The molecule has 4 amide bonds. The highest BCUT2D eigenvalue weighted by Gasteiger charge is 2.32. The van der Waals surface area contributed by atoms with Crippen molar-refractivity contribution in [2.45, 2.75) is 78.1 Å². The van der Waals surface area contributed by atoms with Gasteiger partial charge in [0, 0.05) is 13.5 Å². The zero-order valence-corrected chi connectivity index (χ0v) is 23.6. The molecule has 11 nitrogen and oxygen atoms in total. The Kier molecular flexibility index (Phi) is 12.7. The molecule has 0 bridgehead atoms. The number of rotatable bonds is 12. The van der Waals surface area contributed by atoms with Crippen molar-refractivity contribution in [3.63, 3.8) is 0 Å². The molecule has 0 unspecified atom stereocenters. The summed E-state index contributed by atoms with van der Waals surface area (Å²) >= 11 is 0. The third-order valence-electron chi connectivity index (χ3n) is 5.49. The summed E-state index contributed by atoms with van der Waals surface area (Å²) < 4.78 is 9.98. The highest BCUT2D eigenvalue weighted by Crippen LogP contribution is 2.12. The number of alkyl carbamates (subject to hydrolysis) is 1. The van der Waals surface area contributed by atoms with Gasteiger partial charge in [-0.15, -0.1) is 0 Å². The molecule has 0 saturated carbocycles. The molecule has 11 heteroatoms. The number of carbonyl (C=O) groups excluding carboxylic acids is 5. The summed E-state index contributed by atoms with van der Waals surface area (Å²) in [5.41, 5.74) is 0.0833. The summed E-state index contributed by atoms with van der Waals surface area (Å²) in [5.74, 6) is -2.11. The minimum Gasteiger partial charge on any atom is -0.467 e. The van der Waals surface area contributed by atoms with E-state index in [0.29, 0.717) is 6.42 Å². The average Bonchev–Trinajstić information content (AvgIpc) is 2.83. The maximum Gasteiger partial charge on any atom is 0.408 e. The molecule has 0 aromatic heterocycles. The Morgan fingerprint density at radius 3 is 2.08 bits per heavy atom. The van der Waals surface area contributed by atoms with E-state index in [-0.39, 0.29) is 12.3 Å². The van der Waals surface area contributed by atoms with Crippen LogP contribution >= 0.6 is 0 Å². The van der Waals surface area contributed by atoms with Gasteiger partial charge in [0.05, 0.1) is 13.7 Å². The van der Waals surface area contributed by atoms with E-state index in [1.165, 1.54) is 26.0 Å². The van der Waals surface area contributed by atoms with Crippen molar-refractivity contribution in [3.8, 4) is 0 Å². The fraction of sp³-hybridized carbons (Fsp3) is 0.593. The number of esters is 1. The first-order valence-corrected chi connectivity index (χ1v) is 12.6. The maximum absolute atomic E-state index is 13.3. The Bertz CT molecular complexity index is 960. The molecule has 3 N–H and O–H groups in total. The van der Waals surface area contributed by atoms with Gasteiger partial charge in [-0.3, -0.25) is 14.4 Å². The number of amides is 4. The van der Waals surface area contributed by atoms with Gasteiger partial charge < -0.3 is 30.3 Å². The molecule has 1 rings (SSSR count). The Labute approximate surface area is 225 Å². The lowest BCUT2D eigenvalue weighted by Crippen LogP contribution is -2.55. The predicted octanol–water partition coefficient (Wildman–Crippen LogP) is 1.79. The third-order valence-corrected chi connectivity index (χ3v) is 5.49. The Morgan fingerprint density at radius 1 is 0.947 bits per heavy atom. The van der Waals surface area contributed by atoms with Crippen molar-refractivity contribution >= 4 is 29.8 Å². The molecule has 0 aliphatic carbocycles. The van der Waals surface area contributed by atoms with Gasteiger partial charge in [0.15, 0.2) is 0 Å². The summed E-state index contributed by atoms with van der Waals surface area (Å²) in [7, 11) is 2.71. The molecular weight excluding hydrogens is 492 g/mol. The van der Waals surface area contributed by atoms with Crippen molar-refractivity contribution in [1.29, 1.82) is 0 Å². The van der Waals surface area contributed by atoms with E-state index in [1.54, 1.807) is 20.8 Å². The highest BCUT2D eigenvalue weighted by atomic mass is 16.6. The molecule has 1 aromatic carbocycles. The van der Waals surface area contributed by atoms with Crippen molar-refractivity contribution in [2.75, 3.05) is 20.7 Å². The van der Waals surface area contributed by atoms with Gasteiger partial charge in [-0.1, -0.05) is 44.2 Å². The number of hydrogen-bond acceptors (Lipinski definition) is 7. The number of benzene rings is 1. The zero-order chi connectivity index (χ0) is 29.0. The monoisotopic (exact) mass is 534 g/mol. The van der Waals surface area contributed by atoms with E-state index in [9.17, 15) is 24.0 Å². The smallest absolute Gasteiger partial charge is 0.408 e. The Hall–Kier alpha value is -3.63. The number of nitrogens with zero attached hydrogens (tertiary/aromatic N) is 1. The highest BCUT2D eigenvalue weighted by molar-refractivity contribution is 5.93. The maximum atomic E-state index is 13.3. The van der Waals surface area contributed by atoms with Gasteiger partial charge in [0.25, 0.3) is 0 Å². The quantitative estimate of drug-likeness (QED) is 0.347. The lowest BCUT2D eigenvalue weighted by molar-refractivity contribution is -0.147. The standard InChI is InChI=1S/C27H42N4O7/c1-17(2)14-20(25(35)37-8)30-24(34)21(15-19-12-10-9-11-13-19)31(7)22(32)16-28-23(33)18(3)29-26(36)38-27(4,5)6/h9-13,17-18,20-21H,14-16H2,1-8H3,(H,28,33)(H,29,36)(H,30,34)/t18-,20+,21+/m1/s1. The van der Waals surface area contributed by atoms with Gasteiger partial charge in [-0.2, -0.15) is 0 Å². The van der Waals surface area contributed by atoms with Gasteiger partial charge in [-0.25, -0.2) is 9.59 Å². The SMILES string of the molecule is COC(=O)[C@H](CC(C)C)NC(=O)[C@H](Cc1ccccc1)N(C)C(=O)CNC(=O)[C@@H](C)NC(=O)OC(C)(C)C. The molecule has 1 aromatic rings. The number of hydrogen-bond donors (Lipinski definition) is 3. The van der Waals surface area contributed by atoms with Crippen molar-refractivity contribution in [3.05, 3.63) is 35.9 Å². The fourth-order valence-corrected chi connectivity index (χ4v) is 3.50. The number of ether oxygens (including phenoxy) is 2. The van der Waals surface area contributed by atoms with Gasteiger partial charge in [0.1, 0.15) is 23.7 Å². The van der Waals surface area contributed by atoms with E-state index >= 15 is 0 Å². The molecule has 0 aliphatic heterocycles. The lowest BCUT2D eigenvalue weighted by Gasteiger charge is -2.29. The Morgan fingerprint density at radius 2 is 1.55 bits per heavy atom. The van der Waals surface area contributed by atoms with Crippen LogP contribution in [0.5, 0.6) is 0 Å². The largest absolute Gasteiger partial charge is 0.467 e. The van der Waals surface area contributed by atoms with Crippen molar-refractivity contribution < 1.29 is 33.4 Å². The summed E-state index contributed by atoms with van der Waals surface area (Å²) in [4.78, 5) is 64.2. The van der Waals surface area contributed by atoms with Gasteiger partial charge >= 0.3 is 12.1 Å². The predicted molar refractivity (Wildman–Crippen MR) is 142 cm³/mol. The molecule has 0 radical (unpaired) electrons. The van der Waals surface area contributed by atoms with Crippen molar-refractivity contribution in [2.24, 2.45) is 5.92 Å². The molecular formula is C27H42N4O7. The van der Waals surface area contributed by atoms with Crippen molar-refractivity contribution in [1.82, 2.24) is 20.9 Å². The second-order valence-electron chi connectivity index (χ2n) is 10.5. The van der Waals surface area contributed by atoms with E-state index in [2.05, 4.69) is 16.0 Å². The van der Waals surface area contributed by atoms with Crippen LogP contribution in [0, 0.1) is 5.92 Å². The zero-order valence-electron chi connectivity index (χ0n) is 23.6. The summed E-state index contributed by atoms with van der Waals surface area (Å²) in [6, 6.07) is 6.36. The fourth-order valence-electron chi connectivity index (χ4n) is 3.50. The average molecular weight is 535 g/mol. The normalized spacial score (nSPS) is 13.5. The number of methoxy groups -OCH3 is 1. The number of nitrogens with one attached hydrogen (secondary N) is 3. The van der Waals surface area contributed by atoms with Crippen LogP contribution in [0.25, 0.3) is 0 Å². The third kappa shape index (κ3) is 11.6. The van der Waals surface area contributed by atoms with Crippen LogP contribution in [-0.2, 0) is 35.1 Å². The molecule has 0 aliphatic rings. The topological polar surface area (TPSA) is 143 Å². The summed E-state index contributed by atoms with van der Waals surface area (Å²) in [6.07, 6.45) is -0.202. The number of carbonyl (C=O) groups is 5. The van der Waals surface area contributed by atoms with Crippen LogP contribution in [0.15, 0.2) is 30.3 Å². The van der Waals surface area contributed by atoms with Crippen LogP contribution < -0.4 is 16.0 Å². The van der Waals surface area contributed by atoms with Crippen LogP contribution in [0.2, 0.25) is 0 Å². The van der Waals surface area contributed by atoms with E-state index < -0.39 is 60.1 Å². The van der Waals surface area contributed by atoms with Crippen LogP contribution in [-0.4, -0.2) is 79.1 Å². The molecule has 0 heterocycles. The van der Waals surface area contributed by atoms with E-state index in [4.69, 9.17) is 9.47 Å². The lowest BCUT2D eigenvalue weighted by atomic mass is 10.0. The van der Waals surface area contributed by atoms with Crippen LogP contribution in [0.1, 0.15) is 53.5 Å².